The minimum atomic E-state index is -1.06. The van der Waals surface area contributed by atoms with E-state index in [2.05, 4.69) is 31.1 Å². The number of nitrogens with one attached hydrogen (secondary N) is 1. The summed E-state index contributed by atoms with van der Waals surface area (Å²) < 4.78 is 6.73. The Morgan fingerprint density at radius 3 is 2.74 bits per heavy atom. The number of thioether (sulfide) groups is 1. The van der Waals surface area contributed by atoms with Crippen LogP contribution in [0.1, 0.15) is 17.0 Å². The third-order valence-electron chi connectivity index (χ3n) is 3.48. The van der Waals surface area contributed by atoms with Crippen molar-refractivity contribution in [1.29, 1.82) is 0 Å². The molecule has 0 radical (unpaired) electrons. The lowest BCUT2D eigenvalue weighted by atomic mass is 10.2. The van der Waals surface area contributed by atoms with Crippen LogP contribution in [0.2, 0.25) is 0 Å². The van der Waals surface area contributed by atoms with Crippen LogP contribution in [0.4, 0.5) is 0 Å². The molecule has 0 aliphatic heterocycles. The fourth-order valence-electron chi connectivity index (χ4n) is 2.24. The van der Waals surface area contributed by atoms with E-state index in [4.69, 9.17) is 4.74 Å². The summed E-state index contributed by atoms with van der Waals surface area (Å²) in [6, 6.07) is 15.2. The zero-order chi connectivity index (χ0) is 19.2. The summed E-state index contributed by atoms with van der Waals surface area (Å²) >= 11 is 4.40. The van der Waals surface area contributed by atoms with Gasteiger partial charge in [-0.25, -0.2) is 9.78 Å². The first-order valence-corrected chi connectivity index (χ1v) is 9.60. The molecular weight excluding hydrogens is 430 g/mol. The van der Waals surface area contributed by atoms with Gasteiger partial charge in [0.15, 0.2) is 0 Å². The van der Waals surface area contributed by atoms with Crippen molar-refractivity contribution in [3.05, 3.63) is 74.9 Å². The summed E-state index contributed by atoms with van der Waals surface area (Å²) in [6.45, 7) is 2.14. The summed E-state index contributed by atoms with van der Waals surface area (Å²) in [5.74, 6) is 0.153. The van der Waals surface area contributed by atoms with Gasteiger partial charge in [-0.05, 0) is 48.5 Å². The number of carboxylic acid groups (broad SMARTS) is 1. The van der Waals surface area contributed by atoms with Crippen LogP contribution in [0.3, 0.4) is 0 Å². The second kappa shape index (κ2) is 8.88. The van der Waals surface area contributed by atoms with Crippen LogP contribution in [-0.2, 0) is 11.4 Å². The highest BCUT2D eigenvalue weighted by atomic mass is 79.9. The quantitative estimate of drug-likeness (QED) is 0.405. The highest BCUT2D eigenvalue weighted by Gasteiger charge is 2.15. The number of ether oxygens (including phenoxy) is 1. The lowest BCUT2D eigenvalue weighted by molar-refractivity contribution is -0.131. The fraction of sp³-hybridized carbons (Fsp3) is 0.105. The molecule has 1 heterocycles. The number of nitrogens with zero attached hydrogens (tertiary/aromatic N) is 2. The molecule has 1 aromatic heterocycles. The molecule has 0 fully saturated rings. The Hall–Kier alpha value is -2.58. The highest BCUT2D eigenvalue weighted by molar-refractivity contribution is 9.10. The number of aliphatic carboxylic acids is 1. The average molecular weight is 446 g/mol. The van der Waals surface area contributed by atoms with Crippen molar-refractivity contribution in [2.24, 2.45) is 0 Å². The molecule has 0 aliphatic carbocycles. The van der Waals surface area contributed by atoms with Gasteiger partial charge in [-0.2, -0.15) is 0 Å². The molecule has 8 heteroatoms. The first-order valence-electron chi connectivity index (χ1n) is 7.99. The Labute approximate surface area is 168 Å². The van der Waals surface area contributed by atoms with Gasteiger partial charge in [-0.15, -0.1) is 5.10 Å². The van der Waals surface area contributed by atoms with Crippen LogP contribution >= 0.6 is 27.7 Å². The monoisotopic (exact) mass is 445 g/mol. The molecule has 0 aliphatic rings. The van der Waals surface area contributed by atoms with Gasteiger partial charge in [0.2, 0.25) is 5.16 Å². The maximum Gasteiger partial charge on any atom is 0.342 e. The van der Waals surface area contributed by atoms with Gasteiger partial charge < -0.3 is 9.84 Å². The number of carbonyl (C=O) groups is 1. The number of halogens is 1. The van der Waals surface area contributed by atoms with E-state index in [1.165, 1.54) is 0 Å². The summed E-state index contributed by atoms with van der Waals surface area (Å²) in [6.07, 6.45) is 1.56. The van der Waals surface area contributed by atoms with Gasteiger partial charge in [0.05, 0.1) is 0 Å². The Kier molecular flexibility index (Phi) is 6.31. The van der Waals surface area contributed by atoms with Crippen molar-refractivity contribution in [1.82, 2.24) is 15.2 Å². The zero-order valence-corrected chi connectivity index (χ0v) is 16.8. The fourth-order valence-corrected chi connectivity index (χ4v) is 3.36. The molecule has 0 spiro atoms. The maximum absolute atomic E-state index is 11.7. The molecule has 3 rings (SSSR count). The number of hydrogen-bond donors (Lipinski definition) is 2. The number of benzene rings is 2. The van der Waals surface area contributed by atoms with Crippen LogP contribution in [0, 0.1) is 6.92 Å². The van der Waals surface area contributed by atoms with E-state index in [1.54, 1.807) is 19.1 Å². The van der Waals surface area contributed by atoms with Crippen LogP contribution in [0.15, 0.2) is 63.1 Å². The second-order valence-electron chi connectivity index (χ2n) is 5.58. The second-order valence-corrected chi connectivity index (χ2v) is 7.50. The Morgan fingerprint density at radius 2 is 2.07 bits per heavy atom. The molecule has 0 saturated heterocycles. The van der Waals surface area contributed by atoms with Crippen molar-refractivity contribution in [3.8, 4) is 5.75 Å². The zero-order valence-electron chi connectivity index (χ0n) is 14.3. The molecule has 0 bridgehead atoms. The van der Waals surface area contributed by atoms with E-state index in [0.717, 1.165) is 21.8 Å². The SMILES string of the molecule is Cc1nc(S/C(=C\c2cc(Br)ccc2OCc2ccccc2)C(=O)O)n[nH]1. The van der Waals surface area contributed by atoms with Crippen molar-refractivity contribution >= 4 is 39.7 Å². The van der Waals surface area contributed by atoms with Crippen molar-refractivity contribution in [3.63, 3.8) is 0 Å². The van der Waals surface area contributed by atoms with Gasteiger partial charge in [0.25, 0.3) is 0 Å². The highest BCUT2D eigenvalue weighted by Crippen LogP contribution is 2.31. The molecule has 2 aromatic carbocycles. The van der Waals surface area contributed by atoms with Crippen LogP contribution in [0.25, 0.3) is 6.08 Å². The van der Waals surface area contributed by atoms with Gasteiger partial charge in [-0.3, -0.25) is 5.10 Å². The first-order chi connectivity index (χ1) is 13.0. The molecule has 3 aromatic rings. The predicted molar refractivity (Wildman–Crippen MR) is 108 cm³/mol. The Bertz CT molecular complexity index is 973. The Morgan fingerprint density at radius 1 is 1.30 bits per heavy atom. The van der Waals surface area contributed by atoms with Crippen molar-refractivity contribution < 1.29 is 14.6 Å². The summed E-state index contributed by atoms with van der Waals surface area (Å²) in [4.78, 5) is 15.9. The Balaban J connectivity index is 1.87. The van der Waals surface area contributed by atoms with Gasteiger partial charge in [-0.1, -0.05) is 46.3 Å². The smallest absolute Gasteiger partial charge is 0.342 e. The molecule has 2 N–H and O–H groups in total. The van der Waals surface area contributed by atoms with Gasteiger partial charge >= 0.3 is 5.97 Å². The number of carboxylic acids is 1. The molecule has 0 atom stereocenters. The van der Waals surface area contributed by atoms with E-state index in [9.17, 15) is 9.90 Å². The summed E-state index contributed by atoms with van der Waals surface area (Å²) in [7, 11) is 0. The molecule has 138 valence electrons. The van der Waals surface area contributed by atoms with E-state index >= 15 is 0 Å². The average Bonchev–Trinajstić information content (AvgIpc) is 3.06. The van der Waals surface area contributed by atoms with Crippen molar-refractivity contribution in [2.45, 2.75) is 18.7 Å². The maximum atomic E-state index is 11.7. The normalized spacial score (nSPS) is 11.4. The largest absolute Gasteiger partial charge is 0.488 e. The summed E-state index contributed by atoms with van der Waals surface area (Å²) in [5.41, 5.74) is 1.68. The number of H-pyrrole nitrogens is 1. The van der Waals surface area contributed by atoms with E-state index in [-0.39, 0.29) is 4.91 Å². The van der Waals surface area contributed by atoms with Crippen LogP contribution in [-0.4, -0.2) is 26.3 Å². The molecular formula is C19H16BrN3O3S. The van der Waals surface area contributed by atoms with Gasteiger partial charge in [0, 0.05) is 10.0 Å². The van der Waals surface area contributed by atoms with Gasteiger partial charge in [0.1, 0.15) is 23.1 Å². The standard InChI is InChI=1S/C19H16BrN3O3S/c1-12-21-19(23-22-12)27-17(18(24)25)10-14-9-15(20)7-8-16(14)26-11-13-5-3-2-4-6-13/h2-10H,11H2,1H3,(H,24,25)(H,21,22,23)/b17-10-. The number of aromatic nitrogens is 3. The van der Waals surface area contributed by atoms with Crippen LogP contribution in [0.5, 0.6) is 5.75 Å². The number of hydrogen-bond acceptors (Lipinski definition) is 5. The molecule has 27 heavy (non-hydrogen) atoms. The number of aryl methyl sites for hydroxylation is 1. The molecule has 0 amide bonds. The molecule has 0 saturated carbocycles. The number of aromatic amines is 1. The van der Waals surface area contributed by atoms with E-state index < -0.39 is 5.97 Å². The lowest BCUT2D eigenvalue weighted by Crippen LogP contribution is -2.00. The minimum Gasteiger partial charge on any atom is -0.488 e. The third-order valence-corrected chi connectivity index (χ3v) is 4.86. The first kappa shape index (κ1) is 19.2. The number of rotatable bonds is 7. The molecule has 0 unspecified atom stereocenters. The summed E-state index contributed by atoms with van der Waals surface area (Å²) in [5, 5.41) is 16.6. The van der Waals surface area contributed by atoms with E-state index in [0.29, 0.717) is 28.9 Å². The van der Waals surface area contributed by atoms with Crippen molar-refractivity contribution in [2.75, 3.05) is 0 Å². The molecule has 6 nitrogen and oxygen atoms in total. The lowest BCUT2D eigenvalue weighted by Gasteiger charge is -2.11. The topological polar surface area (TPSA) is 88.1 Å². The third kappa shape index (κ3) is 5.45. The predicted octanol–water partition coefficient (Wildman–Crippen LogP) is 4.67. The minimum absolute atomic E-state index is 0.0941. The van der Waals surface area contributed by atoms with Crippen LogP contribution < -0.4 is 4.74 Å². The van der Waals surface area contributed by atoms with E-state index in [1.807, 2.05) is 42.5 Å².